The summed E-state index contributed by atoms with van der Waals surface area (Å²) in [6.07, 6.45) is 1.68. The van der Waals surface area contributed by atoms with Gasteiger partial charge >= 0.3 is 0 Å². The molecule has 0 radical (unpaired) electrons. The summed E-state index contributed by atoms with van der Waals surface area (Å²) in [4.78, 5) is 29.5. The predicted molar refractivity (Wildman–Crippen MR) is 97.5 cm³/mol. The minimum absolute atomic E-state index is 0.158. The van der Waals surface area contributed by atoms with Crippen LogP contribution in [0, 0.1) is 12.8 Å². The van der Waals surface area contributed by atoms with E-state index in [1.165, 1.54) is 16.2 Å². The number of quaternary nitrogens is 1. The van der Waals surface area contributed by atoms with Gasteiger partial charge in [0.05, 0.1) is 32.1 Å². The summed E-state index contributed by atoms with van der Waals surface area (Å²) in [6.45, 7) is 7.79. The zero-order valence-corrected chi connectivity index (χ0v) is 15.0. The zero-order valence-electron chi connectivity index (χ0n) is 15.0. The predicted octanol–water partition coefficient (Wildman–Crippen LogP) is -0.576. The maximum absolute atomic E-state index is 12.6. The molecule has 1 aromatic rings. The van der Waals surface area contributed by atoms with Crippen molar-refractivity contribution in [3.8, 4) is 0 Å². The summed E-state index contributed by atoms with van der Waals surface area (Å²) in [5.41, 5.74) is 8.01. The van der Waals surface area contributed by atoms with Gasteiger partial charge in [0.2, 0.25) is 5.91 Å². The summed E-state index contributed by atoms with van der Waals surface area (Å²) in [5.74, 6) is -0.299. The lowest BCUT2D eigenvalue weighted by molar-refractivity contribution is -0.892. The second-order valence-electron chi connectivity index (χ2n) is 7.28. The number of likely N-dealkylation sites (tertiary alicyclic amines) is 1. The number of para-hydroxylation sites is 1. The molecule has 0 spiro atoms. The van der Waals surface area contributed by atoms with Gasteiger partial charge in [-0.3, -0.25) is 9.59 Å². The maximum Gasteiger partial charge on any atom is 0.277 e. The fourth-order valence-electron chi connectivity index (χ4n) is 3.92. The summed E-state index contributed by atoms with van der Waals surface area (Å²) >= 11 is 0. The number of nitrogens with one attached hydrogen (secondary N) is 1. The number of piperidine rings is 1. The molecule has 2 aliphatic rings. The van der Waals surface area contributed by atoms with Crippen molar-refractivity contribution in [3.05, 3.63) is 29.8 Å². The van der Waals surface area contributed by atoms with E-state index in [2.05, 4.69) is 36.1 Å². The summed E-state index contributed by atoms with van der Waals surface area (Å²) in [6, 6.07) is 8.46. The standard InChI is InChI=1S/C19H28N4O2/c1-15-5-2-3-7-17(15)22-11-9-21(10-12-22)14-18(24)23-8-4-6-16(13-23)19(20)25/h2-3,5,7,16H,4,6,8-14H2,1H3,(H2,20,25)/p+1/t16-/m1/s1. The van der Waals surface area contributed by atoms with E-state index >= 15 is 0 Å². The van der Waals surface area contributed by atoms with Crippen LogP contribution in [0.5, 0.6) is 0 Å². The van der Waals surface area contributed by atoms with E-state index in [0.29, 0.717) is 13.1 Å². The number of nitrogens with zero attached hydrogens (tertiary/aromatic N) is 2. The topological polar surface area (TPSA) is 71.1 Å². The Balaban J connectivity index is 1.49. The number of piperazine rings is 1. The van der Waals surface area contributed by atoms with Crippen LogP contribution in [0.15, 0.2) is 24.3 Å². The third-order valence-corrected chi connectivity index (χ3v) is 5.50. The lowest BCUT2D eigenvalue weighted by atomic mass is 9.97. The Morgan fingerprint density at radius 2 is 1.92 bits per heavy atom. The Hall–Kier alpha value is -2.08. The molecule has 1 aromatic carbocycles. The SMILES string of the molecule is Cc1ccccc1N1CC[NH+](CC(=O)N2CCC[C@@H](C(N)=O)C2)CC1. The molecule has 1 atom stereocenters. The first kappa shape index (κ1) is 17.7. The highest BCUT2D eigenvalue weighted by atomic mass is 16.2. The average molecular weight is 345 g/mol. The highest BCUT2D eigenvalue weighted by molar-refractivity contribution is 5.80. The van der Waals surface area contributed by atoms with E-state index in [0.717, 1.165) is 45.6 Å². The van der Waals surface area contributed by atoms with Gasteiger partial charge in [0.25, 0.3) is 5.91 Å². The van der Waals surface area contributed by atoms with Crippen molar-refractivity contribution >= 4 is 17.5 Å². The number of benzene rings is 1. The number of aryl methyl sites for hydroxylation is 1. The molecule has 2 aliphatic heterocycles. The van der Waals surface area contributed by atoms with Crippen molar-refractivity contribution in [2.24, 2.45) is 11.7 Å². The fraction of sp³-hybridized carbons (Fsp3) is 0.579. The van der Waals surface area contributed by atoms with Crippen molar-refractivity contribution in [1.82, 2.24) is 4.90 Å². The second-order valence-corrected chi connectivity index (χ2v) is 7.28. The largest absolute Gasteiger partial charge is 0.369 e. The van der Waals surface area contributed by atoms with E-state index in [1.807, 2.05) is 4.90 Å². The monoisotopic (exact) mass is 345 g/mol. The van der Waals surface area contributed by atoms with Crippen LogP contribution in [-0.2, 0) is 9.59 Å². The normalized spacial score (nSPS) is 22.0. The average Bonchev–Trinajstić information content (AvgIpc) is 2.63. The molecule has 3 N–H and O–H groups in total. The molecule has 6 heteroatoms. The number of hydrogen-bond acceptors (Lipinski definition) is 3. The van der Waals surface area contributed by atoms with Crippen molar-refractivity contribution in [3.63, 3.8) is 0 Å². The molecule has 3 rings (SSSR count). The van der Waals surface area contributed by atoms with Crippen LogP contribution < -0.4 is 15.5 Å². The Bertz CT molecular complexity index is 626. The lowest BCUT2D eigenvalue weighted by Gasteiger charge is -2.36. The van der Waals surface area contributed by atoms with E-state index in [9.17, 15) is 9.59 Å². The van der Waals surface area contributed by atoms with Crippen LogP contribution in [0.25, 0.3) is 0 Å². The Kier molecular flexibility index (Phi) is 5.58. The van der Waals surface area contributed by atoms with Gasteiger partial charge in [0, 0.05) is 18.8 Å². The van der Waals surface area contributed by atoms with Crippen LogP contribution >= 0.6 is 0 Å². The third-order valence-electron chi connectivity index (χ3n) is 5.50. The number of nitrogens with two attached hydrogens (primary N) is 1. The fourth-order valence-corrected chi connectivity index (χ4v) is 3.92. The Morgan fingerprint density at radius 3 is 2.60 bits per heavy atom. The van der Waals surface area contributed by atoms with Gasteiger partial charge in [-0.05, 0) is 31.4 Å². The molecule has 0 bridgehead atoms. The molecule has 2 heterocycles. The van der Waals surface area contributed by atoms with Crippen LogP contribution in [0.3, 0.4) is 0 Å². The molecule has 6 nitrogen and oxygen atoms in total. The third kappa shape index (κ3) is 4.31. The molecule has 2 saturated heterocycles. The van der Waals surface area contributed by atoms with E-state index < -0.39 is 0 Å². The van der Waals surface area contributed by atoms with Crippen molar-refractivity contribution < 1.29 is 14.5 Å². The first-order chi connectivity index (χ1) is 12.0. The van der Waals surface area contributed by atoms with E-state index in [1.54, 1.807) is 0 Å². The molecule has 136 valence electrons. The lowest BCUT2D eigenvalue weighted by Crippen LogP contribution is -3.16. The van der Waals surface area contributed by atoms with Crippen LogP contribution in [-0.4, -0.2) is 62.5 Å². The quantitative estimate of drug-likeness (QED) is 0.767. The molecule has 0 aromatic heterocycles. The number of primary amides is 1. The molecule has 0 saturated carbocycles. The van der Waals surface area contributed by atoms with Crippen molar-refractivity contribution in [2.45, 2.75) is 19.8 Å². The van der Waals surface area contributed by atoms with Gasteiger partial charge in [-0.15, -0.1) is 0 Å². The number of amides is 2. The molecular formula is C19H29N4O2+. The van der Waals surface area contributed by atoms with Gasteiger partial charge in [-0.2, -0.15) is 0 Å². The molecule has 2 amide bonds. The van der Waals surface area contributed by atoms with Gasteiger partial charge in [-0.1, -0.05) is 18.2 Å². The van der Waals surface area contributed by atoms with Crippen LogP contribution in [0.2, 0.25) is 0 Å². The number of hydrogen-bond donors (Lipinski definition) is 2. The molecule has 0 aliphatic carbocycles. The maximum atomic E-state index is 12.6. The number of rotatable bonds is 4. The molecule has 25 heavy (non-hydrogen) atoms. The van der Waals surface area contributed by atoms with Gasteiger partial charge in [0.1, 0.15) is 0 Å². The van der Waals surface area contributed by atoms with Crippen molar-refractivity contribution in [1.29, 1.82) is 0 Å². The second kappa shape index (κ2) is 7.87. The number of anilines is 1. The minimum atomic E-state index is -0.281. The molecule has 2 fully saturated rings. The van der Waals surface area contributed by atoms with E-state index in [-0.39, 0.29) is 17.7 Å². The van der Waals surface area contributed by atoms with Gasteiger partial charge < -0.3 is 20.4 Å². The minimum Gasteiger partial charge on any atom is -0.369 e. The first-order valence-electron chi connectivity index (χ1n) is 9.26. The number of carbonyl (C=O) groups is 2. The molecule has 0 unspecified atom stereocenters. The Morgan fingerprint density at radius 1 is 1.20 bits per heavy atom. The summed E-state index contributed by atoms with van der Waals surface area (Å²) in [5, 5.41) is 0. The number of carbonyl (C=O) groups excluding carboxylic acids is 2. The zero-order chi connectivity index (χ0) is 17.8. The Labute approximate surface area is 149 Å². The first-order valence-corrected chi connectivity index (χ1v) is 9.26. The highest BCUT2D eigenvalue weighted by Crippen LogP contribution is 2.19. The smallest absolute Gasteiger partial charge is 0.277 e. The van der Waals surface area contributed by atoms with Gasteiger partial charge in [0.15, 0.2) is 6.54 Å². The van der Waals surface area contributed by atoms with E-state index in [4.69, 9.17) is 5.73 Å². The summed E-state index contributed by atoms with van der Waals surface area (Å²) in [7, 11) is 0. The van der Waals surface area contributed by atoms with Crippen molar-refractivity contribution in [2.75, 3.05) is 50.7 Å². The van der Waals surface area contributed by atoms with Gasteiger partial charge in [-0.25, -0.2) is 0 Å². The highest BCUT2D eigenvalue weighted by Gasteiger charge is 2.30. The van der Waals surface area contributed by atoms with Crippen LogP contribution in [0.4, 0.5) is 5.69 Å². The molecular weight excluding hydrogens is 316 g/mol. The summed E-state index contributed by atoms with van der Waals surface area (Å²) < 4.78 is 0. The van der Waals surface area contributed by atoms with Crippen LogP contribution in [0.1, 0.15) is 18.4 Å².